The Balaban J connectivity index is 0. The summed E-state index contributed by atoms with van der Waals surface area (Å²) >= 11 is 1.85. The van der Waals surface area contributed by atoms with Crippen LogP contribution in [0.2, 0.25) is 0 Å². The molecule has 0 aromatic heterocycles. The summed E-state index contributed by atoms with van der Waals surface area (Å²) in [6.45, 7) is 6.23. The Morgan fingerprint density at radius 2 is 1.21 bits per heavy atom. The summed E-state index contributed by atoms with van der Waals surface area (Å²) in [6, 6.07) is 0. The molecule has 0 saturated carbocycles. The third-order valence-electron chi connectivity index (χ3n) is 5.24. The van der Waals surface area contributed by atoms with Crippen molar-refractivity contribution in [2.45, 2.75) is 116 Å². The van der Waals surface area contributed by atoms with E-state index in [2.05, 4.69) is 13.2 Å². The summed E-state index contributed by atoms with van der Waals surface area (Å²) < 4.78 is 22.5. The van der Waals surface area contributed by atoms with Gasteiger partial charge in [0.1, 0.15) is 0 Å². The first kappa shape index (κ1) is 36.7. The second-order valence-electron chi connectivity index (χ2n) is 9.33. The molecule has 0 aromatic rings. The molecule has 0 saturated heterocycles. The number of rotatable bonds is 25. The molecule has 0 N–H and O–H groups in total. The van der Waals surface area contributed by atoms with Gasteiger partial charge in [-0.3, -0.25) is 0 Å². The summed E-state index contributed by atoms with van der Waals surface area (Å²) in [7, 11) is 6.40. The van der Waals surface area contributed by atoms with Crippen LogP contribution in [-0.2, 0) is 18.3 Å². The van der Waals surface area contributed by atoms with Gasteiger partial charge in [-0.05, 0) is 52.9 Å². The van der Waals surface area contributed by atoms with Gasteiger partial charge >= 0.3 is 8.60 Å². The Morgan fingerprint density at radius 1 is 0.735 bits per heavy atom. The average molecular weight is 526 g/mol. The fourth-order valence-corrected chi connectivity index (χ4v) is 4.69. The number of hydrogen-bond donors (Lipinski definition) is 0. The lowest BCUT2D eigenvalue weighted by atomic mass is 10.0. The predicted molar refractivity (Wildman–Crippen MR) is 154 cm³/mol. The largest absolute Gasteiger partial charge is 0.376 e. The van der Waals surface area contributed by atoms with Crippen LogP contribution in [0.3, 0.4) is 0 Å². The van der Waals surface area contributed by atoms with Crippen LogP contribution in [0.5, 0.6) is 0 Å². The zero-order chi connectivity index (χ0) is 25.7. The minimum absolute atomic E-state index is 0.139. The van der Waals surface area contributed by atoms with Gasteiger partial charge in [-0.25, -0.2) is 0 Å². The highest BCUT2D eigenvalue weighted by Gasteiger charge is 2.15. The highest BCUT2D eigenvalue weighted by molar-refractivity contribution is 7.98. The summed E-state index contributed by atoms with van der Waals surface area (Å²) in [6.07, 6.45) is 22.7. The number of hydrogen-bond acceptors (Lipinski definition) is 6. The van der Waals surface area contributed by atoms with Crippen LogP contribution in [0.4, 0.5) is 0 Å². The molecule has 0 aliphatic rings. The van der Waals surface area contributed by atoms with Crippen molar-refractivity contribution < 1.29 is 18.3 Å². The van der Waals surface area contributed by atoms with Crippen LogP contribution in [-0.4, -0.2) is 71.1 Å². The second-order valence-corrected chi connectivity index (χ2v) is 11.6. The molecular weight excluding hydrogens is 465 g/mol. The van der Waals surface area contributed by atoms with Gasteiger partial charge < -0.3 is 23.2 Å². The highest BCUT2D eigenvalue weighted by atomic mass is 32.2. The molecule has 0 aromatic carbocycles. The van der Waals surface area contributed by atoms with E-state index >= 15 is 0 Å². The monoisotopic (exact) mass is 525 g/mol. The maximum absolute atomic E-state index is 6.09. The number of unbranched alkanes of at least 4 members (excludes halogenated alkanes) is 13. The number of nitrogens with zero attached hydrogens (tertiary/aromatic N) is 1. The van der Waals surface area contributed by atoms with E-state index in [1.807, 2.05) is 44.7 Å². The molecule has 0 aliphatic heterocycles. The predicted octanol–water partition coefficient (Wildman–Crippen LogP) is 8.71. The first-order valence-electron chi connectivity index (χ1n) is 13.8. The average Bonchev–Trinajstić information content (AvgIpc) is 2.81. The molecular formula is C27H60NO4PS. The zero-order valence-electron chi connectivity index (χ0n) is 23.9. The molecule has 0 amide bonds. The Kier molecular flexibility index (Phi) is 34.2. The van der Waals surface area contributed by atoms with Crippen molar-refractivity contribution in [3.63, 3.8) is 0 Å². The number of ether oxygens (including phenoxy) is 1. The minimum atomic E-state index is -1.23. The summed E-state index contributed by atoms with van der Waals surface area (Å²) in [5, 5.41) is 0. The molecule has 2 unspecified atom stereocenters. The maximum Gasteiger partial charge on any atom is 0.332 e. The van der Waals surface area contributed by atoms with E-state index in [0.717, 1.165) is 25.2 Å². The highest BCUT2D eigenvalue weighted by Crippen LogP contribution is 2.38. The van der Waals surface area contributed by atoms with Crippen molar-refractivity contribution in [1.82, 2.24) is 4.90 Å². The molecule has 34 heavy (non-hydrogen) atoms. The molecule has 0 fully saturated rings. The fourth-order valence-electron chi connectivity index (χ4n) is 3.40. The summed E-state index contributed by atoms with van der Waals surface area (Å²) in [5.74, 6) is 1.09. The van der Waals surface area contributed by atoms with Crippen LogP contribution in [0, 0.1) is 0 Å². The smallest absolute Gasteiger partial charge is 0.332 e. The van der Waals surface area contributed by atoms with Crippen molar-refractivity contribution in [3.05, 3.63) is 0 Å². The third-order valence-corrected chi connectivity index (χ3v) is 7.02. The fraction of sp³-hybridized carbons (Fsp3) is 1.00. The molecule has 0 aliphatic carbocycles. The van der Waals surface area contributed by atoms with Crippen LogP contribution in [0.1, 0.15) is 110 Å². The van der Waals surface area contributed by atoms with Crippen LogP contribution < -0.4 is 0 Å². The molecule has 5 nitrogen and oxygen atoms in total. The van der Waals surface area contributed by atoms with Crippen molar-refractivity contribution in [2.75, 3.05) is 60.1 Å². The normalized spacial score (nSPS) is 13.1. The van der Waals surface area contributed by atoms with E-state index < -0.39 is 8.60 Å². The van der Waals surface area contributed by atoms with Crippen molar-refractivity contribution >= 4 is 20.4 Å². The third kappa shape index (κ3) is 32.6. The Labute approximate surface area is 219 Å². The Morgan fingerprint density at radius 3 is 1.62 bits per heavy atom. The molecule has 0 spiro atoms. The van der Waals surface area contributed by atoms with E-state index in [0.29, 0.717) is 13.2 Å². The first-order valence-corrected chi connectivity index (χ1v) is 16.3. The first-order chi connectivity index (χ1) is 16.5. The standard InChI is InChI=1S/C24H51O4PS.C3H9N/c1-5-7-8-9-10-11-12-13-14-15-16-17-18-19-21-26-24(20-22-30-4)23-28-29(25-3)27-6-2;1-4(2)3/h24H,5-23H2,1-4H3;1-3H3. The Hall–Kier alpha value is 0.580. The zero-order valence-corrected chi connectivity index (χ0v) is 25.7. The van der Waals surface area contributed by atoms with E-state index in [4.69, 9.17) is 18.3 Å². The van der Waals surface area contributed by atoms with Crippen molar-refractivity contribution in [1.29, 1.82) is 0 Å². The van der Waals surface area contributed by atoms with Gasteiger partial charge in [0.2, 0.25) is 0 Å². The summed E-state index contributed by atoms with van der Waals surface area (Å²) in [5.41, 5.74) is 0. The van der Waals surface area contributed by atoms with Crippen LogP contribution in [0.25, 0.3) is 0 Å². The molecule has 0 rings (SSSR count). The lowest BCUT2D eigenvalue weighted by Gasteiger charge is -2.20. The lowest BCUT2D eigenvalue weighted by molar-refractivity contribution is 0.0110. The molecule has 0 bridgehead atoms. The summed E-state index contributed by atoms with van der Waals surface area (Å²) in [4.78, 5) is 2.00. The van der Waals surface area contributed by atoms with Crippen LogP contribution >= 0.6 is 20.4 Å². The Bertz CT molecular complexity index is 365. The van der Waals surface area contributed by atoms with Gasteiger partial charge in [-0.1, -0.05) is 90.4 Å². The number of thioether (sulfide) groups is 1. The molecule has 208 valence electrons. The van der Waals surface area contributed by atoms with Gasteiger partial charge in [0.05, 0.1) is 19.3 Å². The maximum atomic E-state index is 6.09. The van der Waals surface area contributed by atoms with E-state index in [1.165, 1.54) is 83.5 Å². The van der Waals surface area contributed by atoms with E-state index in [9.17, 15) is 0 Å². The topological polar surface area (TPSA) is 40.2 Å². The van der Waals surface area contributed by atoms with E-state index in [1.54, 1.807) is 7.11 Å². The minimum Gasteiger partial charge on any atom is -0.376 e. The molecule has 2 atom stereocenters. The molecule has 0 radical (unpaired) electrons. The van der Waals surface area contributed by atoms with Crippen LogP contribution in [0.15, 0.2) is 0 Å². The van der Waals surface area contributed by atoms with Gasteiger partial charge in [0.25, 0.3) is 0 Å². The van der Waals surface area contributed by atoms with E-state index in [-0.39, 0.29) is 6.10 Å². The van der Waals surface area contributed by atoms with Gasteiger partial charge in [0.15, 0.2) is 0 Å². The quantitative estimate of drug-likeness (QED) is 0.0877. The molecule has 7 heteroatoms. The molecule has 0 heterocycles. The van der Waals surface area contributed by atoms with Crippen molar-refractivity contribution in [2.24, 2.45) is 0 Å². The lowest BCUT2D eigenvalue weighted by Crippen LogP contribution is -2.21. The van der Waals surface area contributed by atoms with Gasteiger partial charge in [0, 0.05) is 13.7 Å². The van der Waals surface area contributed by atoms with Gasteiger partial charge in [-0.2, -0.15) is 11.8 Å². The SMILES string of the molecule is CCCCCCCCCCCCCCCCOC(CCSC)COP(OC)OCC.CN(C)C. The van der Waals surface area contributed by atoms with Gasteiger partial charge in [-0.15, -0.1) is 0 Å². The second kappa shape index (κ2) is 31.6. The van der Waals surface area contributed by atoms with Crippen molar-refractivity contribution in [3.8, 4) is 0 Å².